The number of fused-ring (bicyclic) bond motifs is 1. The van der Waals surface area contributed by atoms with Gasteiger partial charge in [0.05, 0.1) is 0 Å². The van der Waals surface area contributed by atoms with Gasteiger partial charge in [-0.25, -0.2) is 9.48 Å². The predicted molar refractivity (Wildman–Crippen MR) is 91.1 cm³/mol. The van der Waals surface area contributed by atoms with E-state index in [9.17, 15) is 9.90 Å². The van der Waals surface area contributed by atoms with Gasteiger partial charge in [-0.3, -0.25) is 0 Å². The summed E-state index contributed by atoms with van der Waals surface area (Å²) < 4.78 is 7.02. The molecule has 0 spiro atoms. The third-order valence-electron chi connectivity index (χ3n) is 3.61. The molecule has 0 saturated heterocycles. The topological polar surface area (TPSA) is 94.0 Å². The minimum Gasteiger partial charge on any atom is -0.508 e. The number of aromatic hydroxyl groups is 1. The smallest absolute Gasteiger partial charge is 0.336 e. The van der Waals surface area contributed by atoms with E-state index < -0.39 is 5.63 Å². The van der Waals surface area contributed by atoms with Crippen LogP contribution in [0.25, 0.3) is 11.0 Å². The first-order chi connectivity index (χ1) is 11.5. The number of phenolic OH excluding ortho intramolecular Hbond substituents is 1. The van der Waals surface area contributed by atoms with Gasteiger partial charge in [0.15, 0.2) is 0 Å². The Morgan fingerprint density at radius 2 is 2.17 bits per heavy atom. The molecule has 126 valence electrons. The van der Waals surface area contributed by atoms with Gasteiger partial charge in [0, 0.05) is 29.3 Å². The van der Waals surface area contributed by atoms with Crippen LogP contribution in [0.5, 0.6) is 5.75 Å². The first-order valence-corrected chi connectivity index (χ1v) is 8.58. The van der Waals surface area contributed by atoms with Crippen LogP contribution in [0.15, 0.2) is 32.6 Å². The SMILES string of the molecule is Cc1c(O)ccc2c(CSc3nnnn3CC(C)C)cc(=O)oc12. The van der Waals surface area contributed by atoms with E-state index >= 15 is 0 Å². The number of thioether (sulfide) groups is 1. The summed E-state index contributed by atoms with van der Waals surface area (Å²) in [6.45, 7) is 6.66. The van der Waals surface area contributed by atoms with Gasteiger partial charge >= 0.3 is 5.63 Å². The number of aromatic nitrogens is 4. The standard InChI is InChI=1S/C16H18N4O3S/c1-9(2)7-20-16(17-18-19-20)24-8-11-6-14(22)23-15-10(3)13(21)5-4-12(11)15/h4-6,9,21H,7-8H2,1-3H3. The lowest BCUT2D eigenvalue weighted by Crippen LogP contribution is -2.08. The molecular weight excluding hydrogens is 328 g/mol. The lowest BCUT2D eigenvalue weighted by Gasteiger charge is -2.09. The van der Waals surface area contributed by atoms with Gasteiger partial charge in [0.2, 0.25) is 5.16 Å². The number of tetrazole rings is 1. The van der Waals surface area contributed by atoms with E-state index in [1.54, 1.807) is 23.7 Å². The van der Waals surface area contributed by atoms with Crippen molar-refractivity contribution in [3.8, 4) is 5.75 Å². The second kappa shape index (κ2) is 6.64. The maximum Gasteiger partial charge on any atom is 0.336 e. The molecular formula is C16H18N4O3S. The molecule has 0 amide bonds. The summed E-state index contributed by atoms with van der Waals surface area (Å²) >= 11 is 1.47. The molecule has 0 fully saturated rings. The Morgan fingerprint density at radius 1 is 1.38 bits per heavy atom. The van der Waals surface area contributed by atoms with Gasteiger partial charge in [-0.2, -0.15) is 0 Å². The molecule has 2 aromatic heterocycles. The highest BCUT2D eigenvalue weighted by molar-refractivity contribution is 7.98. The van der Waals surface area contributed by atoms with Crippen LogP contribution in [-0.2, 0) is 12.3 Å². The predicted octanol–water partition coefficient (Wildman–Crippen LogP) is 2.74. The van der Waals surface area contributed by atoms with Gasteiger partial charge in [0.25, 0.3) is 0 Å². The fraction of sp³-hybridized carbons (Fsp3) is 0.375. The van der Waals surface area contributed by atoms with Crippen molar-refractivity contribution in [2.75, 3.05) is 0 Å². The zero-order valence-electron chi connectivity index (χ0n) is 13.7. The number of rotatable bonds is 5. The fourth-order valence-corrected chi connectivity index (χ4v) is 3.32. The number of nitrogens with zero attached hydrogens (tertiary/aromatic N) is 4. The van der Waals surface area contributed by atoms with Crippen LogP contribution in [-0.4, -0.2) is 25.3 Å². The van der Waals surface area contributed by atoms with Gasteiger partial charge < -0.3 is 9.52 Å². The molecule has 1 N–H and O–H groups in total. The van der Waals surface area contributed by atoms with Crippen LogP contribution in [0.2, 0.25) is 0 Å². The largest absolute Gasteiger partial charge is 0.508 e. The summed E-state index contributed by atoms with van der Waals surface area (Å²) in [5.41, 5.74) is 1.36. The Hall–Kier alpha value is -2.35. The molecule has 3 aromatic rings. The van der Waals surface area contributed by atoms with E-state index in [0.29, 0.717) is 28.0 Å². The van der Waals surface area contributed by atoms with Crippen molar-refractivity contribution in [1.29, 1.82) is 0 Å². The average Bonchev–Trinajstić information content (AvgIpc) is 2.95. The van der Waals surface area contributed by atoms with Gasteiger partial charge in [-0.1, -0.05) is 25.6 Å². The zero-order chi connectivity index (χ0) is 17.3. The molecule has 0 bridgehead atoms. The minimum atomic E-state index is -0.437. The molecule has 0 saturated carbocycles. The van der Waals surface area contributed by atoms with Crippen molar-refractivity contribution in [3.05, 3.63) is 39.7 Å². The highest BCUT2D eigenvalue weighted by Crippen LogP contribution is 2.30. The van der Waals surface area contributed by atoms with Crippen LogP contribution in [0.1, 0.15) is 25.0 Å². The Morgan fingerprint density at radius 3 is 2.92 bits per heavy atom. The first-order valence-electron chi connectivity index (χ1n) is 7.60. The summed E-state index contributed by atoms with van der Waals surface area (Å²) in [6.07, 6.45) is 0. The summed E-state index contributed by atoms with van der Waals surface area (Å²) in [5, 5.41) is 23.1. The number of aryl methyl sites for hydroxylation is 1. The Balaban J connectivity index is 1.92. The number of hydrogen-bond donors (Lipinski definition) is 1. The van der Waals surface area contributed by atoms with Crippen LogP contribution in [0, 0.1) is 12.8 Å². The lowest BCUT2D eigenvalue weighted by atomic mass is 10.1. The maximum atomic E-state index is 11.8. The summed E-state index contributed by atoms with van der Waals surface area (Å²) in [6, 6.07) is 4.84. The average molecular weight is 346 g/mol. The summed E-state index contributed by atoms with van der Waals surface area (Å²) in [5.74, 6) is 1.07. The summed E-state index contributed by atoms with van der Waals surface area (Å²) in [4.78, 5) is 11.8. The molecule has 0 aliphatic carbocycles. The molecule has 2 heterocycles. The van der Waals surface area contributed by atoms with Crippen LogP contribution in [0.3, 0.4) is 0 Å². The first kappa shape index (κ1) is 16.5. The van der Waals surface area contributed by atoms with E-state index in [0.717, 1.165) is 17.5 Å². The highest BCUT2D eigenvalue weighted by atomic mass is 32.2. The quantitative estimate of drug-likeness (QED) is 0.561. The van der Waals surface area contributed by atoms with Crippen molar-refractivity contribution in [1.82, 2.24) is 20.2 Å². The van der Waals surface area contributed by atoms with Gasteiger partial charge in [-0.15, -0.1) is 5.10 Å². The van der Waals surface area contributed by atoms with Crippen molar-refractivity contribution >= 4 is 22.7 Å². The number of benzene rings is 1. The molecule has 3 rings (SSSR count). The highest BCUT2D eigenvalue weighted by Gasteiger charge is 2.13. The van der Waals surface area contributed by atoms with Crippen LogP contribution in [0.4, 0.5) is 0 Å². The summed E-state index contributed by atoms with van der Waals surface area (Å²) in [7, 11) is 0. The molecule has 0 atom stereocenters. The van der Waals surface area contributed by atoms with Gasteiger partial charge in [-0.05, 0) is 41.0 Å². The van der Waals surface area contributed by atoms with E-state index in [1.165, 1.54) is 17.8 Å². The molecule has 7 nitrogen and oxygen atoms in total. The Kier molecular flexibility index (Phi) is 4.57. The van der Waals surface area contributed by atoms with Crippen molar-refractivity contribution in [2.24, 2.45) is 5.92 Å². The van der Waals surface area contributed by atoms with E-state index in [4.69, 9.17) is 4.42 Å². The minimum absolute atomic E-state index is 0.108. The second-order valence-corrected chi connectivity index (χ2v) is 6.95. The Bertz CT molecular complexity index is 933. The molecule has 24 heavy (non-hydrogen) atoms. The molecule has 0 radical (unpaired) electrons. The fourth-order valence-electron chi connectivity index (χ4n) is 2.44. The van der Waals surface area contributed by atoms with Gasteiger partial charge in [0.1, 0.15) is 11.3 Å². The third kappa shape index (κ3) is 3.28. The molecule has 0 aliphatic heterocycles. The zero-order valence-corrected chi connectivity index (χ0v) is 14.5. The third-order valence-corrected chi connectivity index (χ3v) is 4.62. The van der Waals surface area contributed by atoms with E-state index in [1.807, 2.05) is 0 Å². The maximum absolute atomic E-state index is 11.8. The molecule has 0 unspecified atom stereocenters. The second-order valence-electron chi connectivity index (χ2n) is 6.00. The van der Waals surface area contributed by atoms with Crippen molar-refractivity contribution in [3.63, 3.8) is 0 Å². The van der Waals surface area contributed by atoms with Crippen molar-refractivity contribution in [2.45, 2.75) is 38.2 Å². The number of hydrogen-bond acceptors (Lipinski definition) is 7. The Labute approximate surface area is 142 Å². The van der Waals surface area contributed by atoms with E-state index in [2.05, 4.69) is 29.4 Å². The van der Waals surface area contributed by atoms with Crippen LogP contribution < -0.4 is 5.63 Å². The molecule has 1 aromatic carbocycles. The lowest BCUT2D eigenvalue weighted by molar-refractivity contribution is 0.446. The molecule has 8 heteroatoms. The number of phenols is 1. The monoisotopic (exact) mass is 346 g/mol. The normalized spacial score (nSPS) is 11.5. The van der Waals surface area contributed by atoms with Crippen LogP contribution >= 0.6 is 11.8 Å². The van der Waals surface area contributed by atoms with Crippen molar-refractivity contribution < 1.29 is 9.52 Å². The molecule has 0 aliphatic rings. The van der Waals surface area contributed by atoms with E-state index in [-0.39, 0.29) is 5.75 Å².